The summed E-state index contributed by atoms with van der Waals surface area (Å²) in [5, 5.41) is 3.77. The minimum absolute atomic E-state index is 0.101. The molecule has 0 spiro atoms. The highest BCUT2D eigenvalue weighted by Crippen LogP contribution is 2.38. The van der Waals surface area contributed by atoms with Gasteiger partial charge in [-0.25, -0.2) is 4.98 Å². The first kappa shape index (κ1) is 15.7. The van der Waals surface area contributed by atoms with Gasteiger partial charge in [-0.05, 0) is 36.5 Å². The van der Waals surface area contributed by atoms with E-state index in [0.29, 0.717) is 12.0 Å². The molecule has 24 heavy (non-hydrogen) atoms. The van der Waals surface area contributed by atoms with Gasteiger partial charge in [-0.1, -0.05) is 12.1 Å². The Kier molecular flexibility index (Phi) is 4.29. The van der Waals surface area contributed by atoms with Crippen molar-refractivity contribution >= 4 is 0 Å². The monoisotopic (exact) mass is 327 g/mol. The van der Waals surface area contributed by atoms with Gasteiger partial charge in [-0.2, -0.15) is 0 Å². The molecule has 0 radical (unpaired) electrons. The first-order valence-corrected chi connectivity index (χ1v) is 8.76. The standard InChI is InChI=1S/C19H25N3O2/c1-22-10-9-20-19(22)18-13(8-11-24-18)12-21-16-7-6-15-14(16)4-3-5-17(15)23-2/h3-5,9-10,13,16,18,21H,6-8,11-12H2,1-2H3/t13-,16?,18+/m0/s1. The Morgan fingerprint density at radius 2 is 2.29 bits per heavy atom. The molecule has 1 saturated heterocycles. The minimum atomic E-state index is 0.101. The summed E-state index contributed by atoms with van der Waals surface area (Å²) < 4.78 is 13.5. The van der Waals surface area contributed by atoms with E-state index in [-0.39, 0.29) is 6.10 Å². The van der Waals surface area contributed by atoms with Crippen LogP contribution in [0.3, 0.4) is 0 Å². The summed E-state index contributed by atoms with van der Waals surface area (Å²) in [7, 11) is 3.79. The summed E-state index contributed by atoms with van der Waals surface area (Å²) in [5.41, 5.74) is 2.75. The normalized spacial score (nSPS) is 25.8. The van der Waals surface area contributed by atoms with Gasteiger partial charge in [0, 0.05) is 44.6 Å². The molecule has 1 aliphatic heterocycles. The average molecular weight is 327 g/mol. The summed E-state index contributed by atoms with van der Waals surface area (Å²) in [4.78, 5) is 4.48. The number of ether oxygens (including phenoxy) is 2. The SMILES string of the molecule is COc1cccc2c1CCC2NC[C@@H]1CCO[C@H]1c1nccn1C. The van der Waals surface area contributed by atoms with Crippen molar-refractivity contribution in [2.75, 3.05) is 20.3 Å². The highest BCUT2D eigenvalue weighted by Gasteiger charge is 2.33. The third-order valence-electron chi connectivity index (χ3n) is 5.40. The molecule has 0 bridgehead atoms. The van der Waals surface area contributed by atoms with Crippen molar-refractivity contribution in [3.05, 3.63) is 47.5 Å². The van der Waals surface area contributed by atoms with Crippen LogP contribution in [-0.2, 0) is 18.2 Å². The molecule has 0 saturated carbocycles. The molecular formula is C19H25N3O2. The molecule has 2 aromatic rings. The molecule has 4 rings (SSSR count). The zero-order valence-electron chi connectivity index (χ0n) is 14.4. The van der Waals surface area contributed by atoms with Gasteiger partial charge in [-0.15, -0.1) is 0 Å². The second kappa shape index (κ2) is 6.57. The Hall–Kier alpha value is -1.85. The molecule has 1 aliphatic carbocycles. The smallest absolute Gasteiger partial charge is 0.137 e. The van der Waals surface area contributed by atoms with Gasteiger partial charge in [0.2, 0.25) is 0 Å². The number of hydrogen-bond acceptors (Lipinski definition) is 4. The lowest BCUT2D eigenvalue weighted by atomic mass is 9.99. The van der Waals surface area contributed by atoms with Crippen LogP contribution in [0, 0.1) is 5.92 Å². The first-order chi connectivity index (χ1) is 11.8. The van der Waals surface area contributed by atoms with Gasteiger partial charge in [0.25, 0.3) is 0 Å². The highest BCUT2D eigenvalue weighted by atomic mass is 16.5. The van der Waals surface area contributed by atoms with Crippen LogP contribution in [-0.4, -0.2) is 29.8 Å². The highest BCUT2D eigenvalue weighted by molar-refractivity contribution is 5.45. The minimum Gasteiger partial charge on any atom is -0.496 e. The van der Waals surface area contributed by atoms with E-state index in [1.165, 1.54) is 11.1 Å². The van der Waals surface area contributed by atoms with Crippen LogP contribution in [0.4, 0.5) is 0 Å². The maximum absolute atomic E-state index is 5.97. The van der Waals surface area contributed by atoms with Crippen LogP contribution in [0.1, 0.15) is 41.9 Å². The lowest BCUT2D eigenvalue weighted by Gasteiger charge is -2.22. The maximum Gasteiger partial charge on any atom is 0.137 e. The molecule has 128 valence electrons. The predicted octanol–water partition coefficient (Wildman–Crippen LogP) is 2.78. The molecule has 1 N–H and O–H groups in total. The van der Waals surface area contributed by atoms with Gasteiger partial charge < -0.3 is 19.4 Å². The molecule has 5 heteroatoms. The fraction of sp³-hybridized carbons (Fsp3) is 0.526. The van der Waals surface area contributed by atoms with Crippen molar-refractivity contribution in [3.8, 4) is 5.75 Å². The molecule has 1 fully saturated rings. The van der Waals surface area contributed by atoms with E-state index in [1.54, 1.807) is 7.11 Å². The van der Waals surface area contributed by atoms with E-state index in [2.05, 4.69) is 33.1 Å². The number of nitrogens with one attached hydrogen (secondary N) is 1. The number of aryl methyl sites for hydroxylation is 1. The van der Waals surface area contributed by atoms with E-state index in [1.807, 2.05) is 19.4 Å². The van der Waals surface area contributed by atoms with Crippen LogP contribution in [0.15, 0.2) is 30.6 Å². The first-order valence-electron chi connectivity index (χ1n) is 8.76. The van der Waals surface area contributed by atoms with Gasteiger partial charge in [0.1, 0.15) is 17.7 Å². The fourth-order valence-corrected chi connectivity index (χ4v) is 4.10. The van der Waals surface area contributed by atoms with E-state index in [4.69, 9.17) is 9.47 Å². The molecule has 1 aromatic carbocycles. The van der Waals surface area contributed by atoms with Crippen LogP contribution >= 0.6 is 0 Å². The number of hydrogen-bond donors (Lipinski definition) is 1. The predicted molar refractivity (Wildman–Crippen MR) is 92.1 cm³/mol. The molecule has 5 nitrogen and oxygen atoms in total. The summed E-state index contributed by atoms with van der Waals surface area (Å²) in [6, 6.07) is 6.79. The number of fused-ring (bicyclic) bond motifs is 1. The van der Waals surface area contributed by atoms with Crippen molar-refractivity contribution in [1.82, 2.24) is 14.9 Å². The van der Waals surface area contributed by atoms with Gasteiger partial charge in [-0.3, -0.25) is 0 Å². The second-order valence-corrected chi connectivity index (χ2v) is 6.76. The third kappa shape index (κ3) is 2.72. The van der Waals surface area contributed by atoms with Crippen molar-refractivity contribution in [3.63, 3.8) is 0 Å². The van der Waals surface area contributed by atoms with Crippen LogP contribution in [0.2, 0.25) is 0 Å². The van der Waals surface area contributed by atoms with Gasteiger partial charge in [0.05, 0.1) is 7.11 Å². The Bertz CT molecular complexity index is 712. The van der Waals surface area contributed by atoms with E-state index >= 15 is 0 Å². The van der Waals surface area contributed by atoms with Crippen molar-refractivity contribution in [2.45, 2.75) is 31.4 Å². The topological polar surface area (TPSA) is 48.3 Å². The summed E-state index contributed by atoms with van der Waals surface area (Å²) in [5.74, 6) is 2.53. The average Bonchev–Trinajstić information content (AvgIpc) is 3.31. The number of benzene rings is 1. The quantitative estimate of drug-likeness (QED) is 0.917. The van der Waals surface area contributed by atoms with Crippen molar-refractivity contribution < 1.29 is 9.47 Å². The van der Waals surface area contributed by atoms with Gasteiger partial charge >= 0.3 is 0 Å². The molecule has 0 amide bonds. The van der Waals surface area contributed by atoms with Crippen molar-refractivity contribution in [1.29, 1.82) is 0 Å². The summed E-state index contributed by atoms with van der Waals surface area (Å²) in [6.45, 7) is 1.78. The molecule has 1 aromatic heterocycles. The lowest BCUT2D eigenvalue weighted by Crippen LogP contribution is -2.28. The fourth-order valence-electron chi connectivity index (χ4n) is 4.10. The zero-order chi connectivity index (χ0) is 16.5. The Balaban J connectivity index is 1.44. The number of rotatable bonds is 5. The molecule has 2 heterocycles. The van der Waals surface area contributed by atoms with E-state index in [0.717, 1.165) is 44.0 Å². The zero-order valence-corrected chi connectivity index (χ0v) is 14.4. The van der Waals surface area contributed by atoms with E-state index < -0.39 is 0 Å². The lowest BCUT2D eigenvalue weighted by molar-refractivity contribution is 0.0804. The Labute approximate surface area is 143 Å². The Morgan fingerprint density at radius 3 is 3.08 bits per heavy atom. The molecule has 2 aliphatic rings. The maximum atomic E-state index is 5.97. The number of imidazole rings is 1. The van der Waals surface area contributed by atoms with Crippen LogP contribution < -0.4 is 10.1 Å². The number of methoxy groups -OCH3 is 1. The third-order valence-corrected chi connectivity index (χ3v) is 5.40. The summed E-state index contributed by atoms with van der Waals surface area (Å²) in [6.07, 6.45) is 7.24. The molecule has 1 unspecified atom stereocenters. The number of aromatic nitrogens is 2. The second-order valence-electron chi connectivity index (χ2n) is 6.76. The van der Waals surface area contributed by atoms with Crippen LogP contribution in [0.5, 0.6) is 5.75 Å². The number of nitrogens with zero attached hydrogens (tertiary/aromatic N) is 2. The molecular weight excluding hydrogens is 302 g/mol. The molecule has 3 atom stereocenters. The van der Waals surface area contributed by atoms with Crippen molar-refractivity contribution in [2.24, 2.45) is 13.0 Å². The van der Waals surface area contributed by atoms with E-state index in [9.17, 15) is 0 Å². The van der Waals surface area contributed by atoms with Crippen LogP contribution in [0.25, 0.3) is 0 Å². The Morgan fingerprint density at radius 1 is 1.38 bits per heavy atom. The largest absolute Gasteiger partial charge is 0.496 e. The van der Waals surface area contributed by atoms with Gasteiger partial charge in [0.15, 0.2) is 0 Å². The summed E-state index contributed by atoms with van der Waals surface area (Å²) >= 11 is 0.